The quantitative estimate of drug-likeness (QED) is 0.922. The van der Waals surface area contributed by atoms with Gasteiger partial charge >= 0.3 is 0 Å². The van der Waals surface area contributed by atoms with Gasteiger partial charge in [-0.2, -0.15) is 0 Å². The maximum atomic E-state index is 12.6. The van der Waals surface area contributed by atoms with Gasteiger partial charge in [-0.1, -0.05) is 18.2 Å². The molecular weight excluding hydrogens is 332 g/mol. The first-order valence-corrected chi connectivity index (χ1v) is 8.72. The van der Waals surface area contributed by atoms with Crippen LogP contribution in [-0.4, -0.2) is 31.1 Å². The highest BCUT2D eigenvalue weighted by Gasteiger charge is 2.28. The lowest BCUT2D eigenvalue weighted by molar-refractivity contribution is -0.125. The number of benzene rings is 2. The van der Waals surface area contributed by atoms with Crippen LogP contribution in [0.5, 0.6) is 11.5 Å². The molecule has 134 valence electrons. The number of anilines is 2. The third kappa shape index (κ3) is 3.10. The molecule has 2 heterocycles. The molecule has 0 saturated carbocycles. The molecule has 6 nitrogen and oxygen atoms in total. The summed E-state index contributed by atoms with van der Waals surface area (Å²) in [6.07, 6.45) is 0.715. The molecule has 0 spiro atoms. The third-order valence-electron chi connectivity index (χ3n) is 4.64. The van der Waals surface area contributed by atoms with Crippen LogP contribution in [0.1, 0.15) is 18.4 Å². The van der Waals surface area contributed by atoms with Crippen LogP contribution in [0, 0.1) is 6.92 Å². The molecule has 2 aliphatic heterocycles. The molecule has 4 rings (SSSR count). The molecule has 2 aromatic rings. The van der Waals surface area contributed by atoms with E-state index in [2.05, 4.69) is 5.32 Å². The molecule has 1 unspecified atom stereocenters. The topological polar surface area (TPSA) is 67.9 Å². The highest BCUT2D eigenvalue weighted by molar-refractivity contribution is 5.98. The molecule has 0 aliphatic carbocycles. The number of hydrogen-bond acceptors (Lipinski definition) is 4. The Kier molecular flexibility index (Phi) is 4.24. The first-order valence-electron chi connectivity index (χ1n) is 8.72. The summed E-state index contributed by atoms with van der Waals surface area (Å²) >= 11 is 0. The molecular formula is C20H20N2O4. The molecule has 1 N–H and O–H groups in total. The molecule has 2 aromatic carbocycles. The number of carbonyl (C=O) groups is 2. The fourth-order valence-corrected chi connectivity index (χ4v) is 3.25. The minimum atomic E-state index is -0.719. The molecule has 0 aromatic heterocycles. The second-order valence-corrected chi connectivity index (χ2v) is 6.50. The lowest BCUT2D eigenvalue weighted by atomic mass is 10.1. The molecule has 2 amide bonds. The summed E-state index contributed by atoms with van der Waals surface area (Å²) in [6, 6.07) is 12.9. The van der Waals surface area contributed by atoms with Gasteiger partial charge in [-0.05, 0) is 43.2 Å². The summed E-state index contributed by atoms with van der Waals surface area (Å²) in [5.41, 5.74) is 2.48. The Hall–Kier alpha value is -3.02. The minimum Gasteiger partial charge on any atom is -0.485 e. The van der Waals surface area contributed by atoms with E-state index in [-0.39, 0.29) is 18.4 Å². The van der Waals surface area contributed by atoms with Crippen LogP contribution in [0.15, 0.2) is 42.5 Å². The standard InChI is InChI=1S/C20H20N2O4/c1-13-8-9-14(11-15(13)22-10-4-7-19(22)23)21-20(24)18-12-25-16-5-2-3-6-17(16)26-18/h2-3,5-6,8-9,11,18H,4,7,10,12H2,1H3,(H,21,24). The Morgan fingerprint density at radius 1 is 1.19 bits per heavy atom. The molecule has 6 heteroatoms. The van der Waals surface area contributed by atoms with Crippen molar-refractivity contribution in [1.29, 1.82) is 0 Å². The van der Waals surface area contributed by atoms with Gasteiger partial charge in [0.15, 0.2) is 11.5 Å². The van der Waals surface area contributed by atoms with Crippen LogP contribution in [0.2, 0.25) is 0 Å². The average Bonchev–Trinajstić information content (AvgIpc) is 3.08. The first kappa shape index (κ1) is 16.4. The first-order chi connectivity index (χ1) is 12.6. The fourth-order valence-electron chi connectivity index (χ4n) is 3.25. The van der Waals surface area contributed by atoms with Gasteiger partial charge in [0.1, 0.15) is 6.61 Å². The number of nitrogens with zero attached hydrogens (tertiary/aromatic N) is 1. The van der Waals surface area contributed by atoms with Crippen molar-refractivity contribution in [2.75, 3.05) is 23.4 Å². The van der Waals surface area contributed by atoms with Crippen molar-refractivity contribution in [3.8, 4) is 11.5 Å². The zero-order valence-electron chi connectivity index (χ0n) is 14.5. The predicted octanol–water partition coefficient (Wildman–Crippen LogP) is 2.90. The van der Waals surface area contributed by atoms with Gasteiger partial charge in [0.25, 0.3) is 5.91 Å². The summed E-state index contributed by atoms with van der Waals surface area (Å²) in [7, 11) is 0. The highest BCUT2D eigenvalue weighted by Crippen LogP contribution is 2.32. The van der Waals surface area contributed by atoms with Gasteiger partial charge < -0.3 is 19.7 Å². The van der Waals surface area contributed by atoms with Crippen LogP contribution in [0.4, 0.5) is 11.4 Å². The minimum absolute atomic E-state index is 0.122. The van der Waals surface area contributed by atoms with E-state index in [1.165, 1.54) is 0 Å². The third-order valence-corrected chi connectivity index (χ3v) is 4.64. The van der Waals surface area contributed by atoms with Gasteiger partial charge in [0.2, 0.25) is 12.0 Å². The van der Waals surface area contributed by atoms with Crippen molar-refractivity contribution >= 4 is 23.2 Å². The average molecular weight is 352 g/mol. The Morgan fingerprint density at radius 3 is 2.77 bits per heavy atom. The number of aryl methyl sites for hydroxylation is 1. The van der Waals surface area contributed by atoms with Crippen LogP contribution in [0.25, 0.3) is 0 Å². The molecule has 1 saturated heterocycles. The zero-order valence-corrected chi connectivity index (χ0v) is 14.5. The number of nitrogens with one attached hydrogen (secondary N) is 1. The number of para-hydroxylation sites is 2. The smallest absolute Gasteiger partial charge is 0.269 e. The van der Waals surface area contributed by atoms with Crippen LogP contribution in [-0.2, 0) is 9.59 Å². The van der Waals surface area contributed by atoms with E-state index in [4.69, 9.17) is 9.47 Å². The predicted molar refractivity (Wildman–Crippen MR) is 97.7 cm³/mol. The van der Waals surface area contributed by atoms with Gasteiger partial charge in [0.05, 0.1) is 0 Å². The van der Waals surface area contributed by atoms with Crippen LogP contribution >= 0.6 is 0 Å². The van der Waals surface area contributed by atoms with E-state index >= 15 is 0 Å². The molecule has 26 heavy (non-hydrogen) atoms. The van der Waals surface area contributed by atoms with E-state index < -0.39 is 6.10 Å². The van der Waals surface area contributed by atoms with Crippen molar-refractivity contribution in [2.24, 2.45) is 0 Å². The number of amides is 2. The van der Waals surface area contributed by atoms with Crippen molar-refractivity contribution in [1.82, 2.24) is 0 Å². The number of hydrogen-bond donors (Lipinski definition) is 1. The summed E-state index contributed by atoms with van der Waals surface area (Å²) in [4.78, 5) is 26.4. The van der Waals surface area contributed by atoms with Gasteiger partial charge in [-0.3, -0.25) is 9.59 Å². The van der Waals surface area contributed by atoms with Crippen LogP contribution in [0.3, 0.4) is 0 Å². The van der Waals surface area contributed by atoms with E-state index in [0.29, 0.717) is 30.2 Å². The molecule has 0 bridgehead atoms. The summed E-state index contributed by atoms with van der Waals surface area (Å²) < 4.78 is 11.3. The Balaban J connectivity index is 1.49. The monoisotopic (exact) mass is 352 g/mol. The lowest BCUT2D eigenvalue weighted by Crippen LogP contribution is -2.40. The number of carbonyl (C=O) groups excluding carboxylic acids is 2. The summed E-state index contributed by atoms with van der Waals surface area (Å²) in [6.45, 7) is 2.83. The zero-order chi connectivity index (χ0) is 18.1. The highest BCUT2D eigenvalue weighted by atomic mass is 16.6. The lowest BCUT2D eigenvalue weighted by Gasteiger charge is -2.26. The van der Waals surface area contributed by atoms with Crippen molar-refractivity contribution in [2.45, 2.75) is 25.9 Å². The number of ether oxygens (including phenoxy) is 2. The second-order valence-electron chi connectivity index (χ2n) is 6.50. The fraction of sp³-hybridized carbons (Fsp3) is 0.300. The Labute approximate surface area is 151 Å². The van der Waals surface area contributed by atoms with Crippen molar-refractivity contribution in [3.05, 3.63) is 48.0 Å². The number of rotatable bonds is 3. The maximum Gasteiger partial charge on any atom is 0.269 e. The molecule has 0 radical (unpaired) electrons. The molecule has 1 fully saturated rings. The number of fused-ring (bicyclic) bond motifs is 1. The van der Waals surface area contributed by atoms with Crippen molar-refractivity contribution < 1.29 is 19.1 Å². The van der Waals surface area contributed by atoms with E-state index in [0.717, 1.165) is 17.7 Å². The van der Waals surface area contributed by atoms with Gasteiger partial charge in [-0.25, -0.2) is 0 Å². The molecule has 1 atom stereocenters. The molecule has 2 aliphatic rings. The SMILES string of the molecule is Cc1ccc(NC(=O)C2COc3ccccc3O2)cc1N1CCCC1=O. The van der Waals surface area contributed by atoms with Crippen molar-refractivity contribution in [3.63, 3.8) is 0 Å². The Morgan fingerprint density at radius 2 is 2.00 bits per heavy atom. The van der Waals surface area contributed by atoms with E-state index in [9.17, 15) is 9.59 Å². The maximum absolute atomic E-state index is 12.6. The van der Waals surface area contributed by atoms with Gasteiger partial charge in [-0.15, -0.1) is 0 Å². The van der Waals surface area contributed by atoms with Crippen LogP contribution < -0.4 is 19.7 Å². The Bertz CT molecular complexity index is 865. The normalized spacial score (nSPS) is 18.7. The van der Waals surface area contributed by atoms with E-state index in [1.54, 1.807) is 11.0 Å². The summed E-state index contributed by atoms with van der Waals surface area (Å²) in [5, 5.41) is 2.87. The second kappa shape index (κ2) is 6.71. The largest absolute Gasteiger partial charge is 0.485 e. The van der Waals surface area contributed by atoms with E-state index in [1.807, 2.05) is 43.3 Å². The summed E-state index contributed by atoms with van der Waals surface area (Å²) in [5.74, 6) is 1.05. The van der Waals surface area contributed by atoms with Gasteiger partial charge in [0, 0.05) is 24.3 Å².